The number of hydrogen-bond donors (Lipinski definition) is 1. The second-order valence-corrected chi connectivity index (χ2v) is 5.28. The summed E-state index contributed by atoms with van der Waals surface area (Å²) in [6, 6.07) is 14.2. The molecule has 2 aromatic rings. The third kappa shape index (κ3) is 3.58. The number of benzene rings is 2. The molecule has 2 nitrogen and oxygen atoms in total. The minimum absolute atomic E-state index is 0.542. The van der Waals surface area contributed by atoms with Gasteiger partial charge in [0.2, 0.25) is 0 Å². The molecule has 0 aliphatic carbocycles. The van der Waals surface area contributed by atoms with Crippen LogP contribution in [0.15, 0.2) is 46.9 Å². The topological polar surface area (TPSA) is 35.2 Å². The summed E-state index contributed by atoms with van der Waals surface area (Å²) in [6.07, 6.45) is 0.952. The third-order valence-electron chi connectivity index (χ3n) is 3.12. The Balaban J connectivity index is 2.14. The predicted molar refractivity (Wildman–Crippen MR) is 82.2 cm³/mol. The number of nitrogens with two attached hydrogens (primary N) is 1. The average molecular weight is 320 g/mol. The highest BCUT2D eigenvalue weighted by Gasteiger charge is 2.05. The Labute approximate surface area is 122 Å². The SMILES string of the molecule is CCc1cc(Br)ccc1OCc1ccccc1CN. The average Bonchev–Trinajstić information content (AvgIpc) is 2.46. The molecule has 0 amide bonds. The summed E-state index contributed by atoms with van der Waals surface area (Å²) in [5, 5.41) is 0. The van der Waals surface area contributed by atoms with Crippen molar-refractivity contribution in [2.75, 3.05) is 0 Å². The van der Waals surface area contributed by atoms with Gasteiger partial charge in [0, 0.05) is 11.0 Å². The lowest BCUT2D eigenvalue weighted by Gasteiger charge is -2.13. The Morgan fingerprint density at radius 1 is 1.05 bits per heavy atom. The van der Waals surface area contributed by atoms with Crippen LogP contribution in [0.2, 0.25) is 0 Å². The fourth-order valence-electron chi connectivity index (χ4n) is 2.02. The summed E-state index contributed by atoms with van der Waals surface area (Å²) in [5.74, 6) is 0.942. The van der Waals surface area contributed by atoms with Gasteiger partial charge < -0.3 is 10.5 Å². The lowest BCUT2D eigenvalue weighted by atomic mass is 10.1. The van der Waals surface area contributed by atoms with Gasteiger partial charge in [-0.25, -0.2) is 0 Å². The zero-order chi connectivity index (χ0) is 13.7. The summed E-state index contributed by atoms with van der Waals surface area (Å²) in [5.41, 5.74) is 9.23. The van der Waals surface area contributed by atoms with Crippen LogP contribution < -0.4 is 10.5 Å². The first-order valence-corrected chi connectivity index (χ1v) is 7.22. The molecule has 100 valence electrons. The monoisotopic (exact) mass is 319 g/mol. The van der Waals surface area contributed by atoms with Gasteiger partial charge in [0.1, 0.15) is 12.4 Å². The van der Waals surface area contributed by atoms with E-state index in [2.05, 4.69) is 35.0 Å². The van der Waals surface area contributed by atoms with Gasteiger partial charge in [0.05, 0.1) is 0 Å². The first-order chi connectivity index (χ1) is 9.24. The third-order valence-corrected chi connectivity index (χ3v) is 3.62. The van der Waals surface area contributed by atoms with E-state index in [0.717, 1.165) is 27.8 Å². The minimum Gasteiger partial charge on any atom is -0.489 e. The highest BCUT2D eigenvalue weighted by molar-refractivity contribution is 9.10. The smallest absolute Gasteiger partial charge is 0.123 e. The lowest BCUT2D eigenvalue weighted by Crippen LogP contribution is -2.05. The van der Waals surface area contributed by atoms with Crippen LogP contribution in [0.4, 0.5) is 0 Å². The molecule has 2 N–H and O–H groups in total. The van der Waals surface area contributed by atoms with Crippen molar-refractivity contribution in [3.05, 3.63) is 63.6 Å². The van der Waals surface area contributed by atoms with E-state index < -0.39 is 0 Å². The van der Waals surface area contributed by atoms with E-state index in [4.69, 9.17) is 10.5 Å². The Bertz CT molecular complexity index is 554. The fourth-order valence-corrected chi connectivity index (χ4v) is 2.43. The maximum Gasteiger partial charge on any atom is 0.123 e. The largest absolute Gasteiger partial charge is 0.489 e. The van der Waals surface area contributed by atoms with E-state index in [9.17, 15) is 0 Å². The molecule has 0 aliphatic heterocycles. The van der Waals surface area contributed by atoms with Crippen molar-refractivity contribution in [2.45, 2.75) is 26.5 Å². The maximum absolute atomic E-state index is 5.94. The standard InChI is InChI=1S/C16H18BrNO/c1-2-12-9-15(17)7-8-16(12)19-11-14-6-4-3-5-13(14)10-18/h3-9H,2,10-11,18H2,1H3. The van der Waals surface area contributed by atoms with Gasteiger partial charge in [-0.1, -0.05) is 47.1 Å². The van der Waals surface area contributed by atoms with Crippen LogP contribution in [0.3, 0.4) is 0 Å². The van der Waals surface area contributed by atoms with Crippen LogP contribution in [-0.4, -0.2) is 0 Å². The van der Waals surface area contributed by atoms with Gasteiger partial charge in [-0.05, 0) is 41.3 Å². The van der Waals surface area contributed by atoms with Crippen LogP contribution in [0, 0.1) is 0 Å². The van der Waals surface area contributed by atoms with Crippen molar-refractivity contribution in [3.63, 3.8) is 0 Å². The molecular formula is C16H18BrNO. The van der Waals surface area contributed by atoms with Crippen LogP contribution in [0.1, 0.15) is 23.6 Å². The van der Waals surface area contributed by atoms with Crippen molar-refractivity contribution in [2.24, 2.45) is 5.73 Å². The van der Waals surface area contributed by atoms with E-state index in [1.165, 1.54) is 5.56 Å². The summed E-state index contributed by atoms with van der Waals surface area (Å²) in [4.78, 5) is 0. The number of rotatable bonds is 5. The van der Waals surface area contributed by atoms with Gasteiger partial charge >= 0.3 is 0 Å². The minimum atomic E-state index is 0.542. The molecule has 0 aliphatic rings. The van der Waals surface area contributed by atoms with Crippen molar-refractivity contribution >= 4 is 15.9 Å². The van der Waals surface area contributed by atoms with Crippen molar-refractivity contribution < 1.29 is 4.74 Å². The van der Waals surface area contributed by atoms with E-state index in [1.54, 1.807) is 0 Å². The second-order valence-electron chi connectivity index (χ2n) is 4.37. The molecular weight excluding hydrogens is 302 g/mol. The fraction of sp³-hybridized carbons (Fsp3) is 0.250. The van der Waals surface area contributed by atoms with Gasteiger partial charge in [-0.2, -0.15) is 0 Å². The van der Waals surface area contributed by atoms with E-state index in [-0.39, 0.29) is 0 Å². The molecule has 0 radical (unpaired) electrons. The van der Waals surface area contributed by atoms with E-state index in [0.29, 0.717) is 13.2 Å². The molecule has 0 saturated carbocycles. The van der Waals surface area contributed by atoms with Gasteiger partial charge in [-0.15, -0.1) is 0 Å². The molecule has 19 heavy (non-hydrogen) atoms. The van der Waals surface area contributed by atoms with Crippen LogP contribution in [0.5, 0.6) is 5.75 Å². The molecule has 3 heteroatoms. The Morgan fingerprint density at radius 2 is 1.79 bits per heavy atom. The molecule has 0 saturated heterocycles. The normalized spacial score (nSPS) is 10.5. The summed E-state index contributed by atoms with van der Waals surface area (Å²) in [7, 11) is 0. The lowest BCUT2D eigenvalue weighted by molar-refractivity contribution is 0.302. The molecule has 0 unspecified atom stereocenters. The predicted octanol–water partition coefficient (Wildman–Crippen LogP) is 4.05. The van der Waals surface area contributed by atoms with Crippen molar-refractivity contribution in [1.82, 2.24) is 0 Å². The quantitative estimate of drug-likeness (QED) is 0.902. The summed E-state index contributed by atoms with van der Waals surface area (Å²) < 4.78 is 7.02. The second kappa shape index (κ2) is 6.73. The molecule has 0 atom stereocenters. The van der Waals surface area contributed by atoms with Crippen LogP contribution >= 0.6 is 15.9 Å². The molecule has 2 rings (SSSR count). The zero-order valence-corrected chi connectivity index (χ0v) is 12.6. The van der Waals surface area contributed by atoms with Crippen LogP contribution in [-0.2, 0) is 19.6 Å². The van der Waals surface area contributed by atoms with E-state index >= 15 is 0 Å². The maximum atomic E-state index is 5.94. The first-order valence-electron chi connectivity index (χ1n) is 6.42. The number of halogens is 1. The van der Waals surface area contributed by atoms with Gasteiger partial charge in [0.15, 0.2) is 0 Å². The summed E-state index contributed by atoms with van der Waals surface area (Å²) in [6.45, 7) is 3.23. The Hall–Kier alpha value is -1.32. The van der Waals surface area contributed by atoms with E-state index in [1.807, 2.05) is 30.3 Å². The number of ether oxygens (including phenoxy) is 1. The molecule has 0 heterocycles. The highest BCUT2D eigenvalue weighted by atomic mass is 79.9. The molecule has 0 bridgehead atoms. The molecule has 0 spiro atoms. The zero-order valence-electron chi connectivity index (χ0n) is 11.0. The molecule has 2 aromatic carbocycles. The number of aryl methyl sites for hydroxylation is 1. The van der Waals surface area contributed by atoms with Gasteiger partial charge in [0.25, 0.3) is 0 Å². The first kappa shape index (κ1) is 14.1. The molecule has 0 aromatic heterocycles. The number of hydrogen-bond acceptors (Lipinski definition) is 2. The van der Waals surface area contributed by atoms with Crippen LogP contribution in [0.25, 0.3) is 0 Å². The van der Waals surface area contributed by atoms with Crippen molar-refractivity contribution in [1.29, 1.82) is 0 Å². The van der Waals surface area contributed by atoms with Gasteiger partial charge in [-0.3, -0.25) is 0 Å². The summed E-state index contributed by atoms with van der Waals surface area (Å²) >= 11 is 3.48. The Kier molecular flexibility index (Phi) is 5.00. The molecule has 0 fully saturated rings. The Morgan fingerprint density at radius 3 is 2.47 bits per heavy atom. The van der Waals surface area contributed by atoms with Crippen molar-refractivity contribution in [3.8, 4) is 5.75 Å². The highest BCUT2D eigenvalue weighted by Crippen LogP contribution is 2.24.